The van der Waals surface area contributed by atoms with Gasteiger partial charge in [-0.25, -0.2) is 4.79 Å². The van der Waals surface area contributed by atoms with Crippen LogP contribution < -0.4 is 5.32 Å². The number of hydrogen-bond acceptors (Lipinski definition) is 3. The first-order valence-electron chi connectivity index (χ1n) is 7.83. The van der Waals surface area contributed by atoms with Crippen LogP contribution in [0.4, 0.5) is 18.0 Å². The van der Waals surface area contributed by atoms with Crippen LogP contribution in [0.15, 0.2) is 0 Å². The summed E-state index contributed by atoms with van der Waals surface area (Å²) in [7, 11) is 0. The summed E-state index contributed by atoms with van der Waals surface area (Å²) >= 11 is 0. The van der Waals surface area contributed by atoms with Crippen LogP contribution in [0.1, 0.15) is 32.6 Å². The zero-order valence-corrected chi connectivity index (χ0v) is 12.8. The van der Waals surface area contributed by atoms with Crippen LogP contribution >= 0.6 is 0 Å². The van der Waals surface area contributed by atoms with Crippen LogP contribution in [0.3, 0.4) is 0 Å². The van der Waals surface area contributed by atoms with Gasteiger partial charge in [-0.1, -0.05) is 13.3 Å². The highest BCUT2D eigenvalue weighted by atomic mass is 19.4. The summed E-state index contributed by atoms with van der Waals surface area (Å²) in [6.07, 6.45) is -1.93. The number of hydrogen-bond donors (Lipinski definition) is 2. The van der Waals surface area contributed by atoms with Crippen molar-refractivity contribution in [3.63, 3.8) is 0 Å². The molecule has 0 radical (unpaired) electrons. The Balaban J connectivity index is 1.83. The second-order valence-corrected chi connectivity index (χ2v) is 6.17. The molecule has 8 heteroatoms. The van der Waals surface area contributed by atoms with Gasteiger partial charge in [0.2, 0.25) is 0 Å². The molecule has 2 rings (SSSR count). The standard InChI is InChI=1S/C14H24F3N3O2/c1-2-19-7-4-3-5-11(19)9-18-12(21)20-8-6-13(22,10-20)14(15,16)17/h11,22H,2-10H2,1H3,(H,18,21). The average Bonchev–Trinajstić information content (AvgIpc) is 2.88. The van der Waals surface area contributed by atoms with E-state index in [9.17, 15) is 23.1 Å². The maximum absolute atomic E-state index is 12.7. The number of alkyl halides is 3. The molecule has 2 atom stereocenters. The van der Waals surface area contributed by atoms with Crippen molar-refractivity contribution in [3.8, 4) is 0 Å². The van der Waals surface area contributed by atoms with Gasteiger partial charge in [0.1, 0.15) is 0 Å². The molecule has 0 saturated carbocycles. The number of piperidine rings is 1. The number of likely N-dealkylation sites (tertiary alicyclic amines) is 2. The second-order valence-electron chi connectivity index (χ2n) is 6.17. The van der Waals surface area contributed by atoms with Crippen molar-refractivity contribution >= 4 is 6.03 Å². The first-order chi connectivity index (χ1) is 10.3. The van der Waals surface area contributed by atoms with Crippen molar-refractivity contribution in [1.82, 2.24) is 15.1 Å². The van der Waals surface area contributed by atoms with E-state index in [4.69, 9.17) is 0 Å². The van der Waals surface area contributed by atoms with Gasteiger partial charge >= 0.3 is 12.2 Å². The molecular formula is C14H24F3N3O2. The van der Waals surface area contributed by atoms with Gasteiger partial charge in [0.05, 0.1) is 6.54 Å². The lowest BCUT2D eigenvalue weighted by Gasteiger charge is -2.35. The summed E-state index contributed by atoms with van der Waals surface area (Å²) in [5.74, 6) is 0. The van der Waals surface area contributed by atoms with Crippen LogP contribution in [0.5, 0.6) is 0 Å². The Morgan fingerprint density at radius 1 is 1.36 bits per heavy atom. The van der Waals surface area contributed by atoms with Gasteiger partial charge in [0, 0.05) is 25.6 Å². The van der Waals surface area contributed by atoms with E-state index in [1.165, 1.54) is 0 Å². The van der Waals surface area contributed by atoms with Gasteiger partial charge in [-0.05, 0) is 25.9 Å². The maximum Gasteiger partial charge on any atom is 0.419 e. The molecule has 0 aromatic rings. The number of rotatable bonds is 3. The smallest absolute Gasteiger partial charge is 0.379 e. The first-order valence-corrected chi connectivity index (χ1v) is 7.83. The van der Waals surface area contributed by atoms with Gasteiger partial charge in [-0.3, -0.25) is 4.90 Å². The quantitative estimate of drug-likeness (QED) is 0.829. The number of amides is 2. The predicted octanol–water partition coefficient (Wildman–Crippen LogP) is 1.57. The number of nitrogens with zero attached hydrogens (tertiary/aromatic N) is 2. The molecule has 0 aliphatic carbocycles. The third-order valence-electron chi connectivity index (χ3n) is 4.71. The van der Waals surface area contributed by atoms with E-state index in [0.717, 1.165) is 37.3 Å². The van der Waals surface area contributed by atoms with Gasteiger partial charge in [-0.2, -0.15) is 13.2 Å². The molecule has 2 fully saturated rings. The van der Waals surface area contributed by atoms with E-state index >= 15 is 0 Å². The van der Waals surface area contributed by atoms with Crippen molar-refractivity contribution < 1.29 is 23.1 Å². The minimum atomic E-state index is -4.70. The molecule has 2 N–H and O–H groups in total. The van der Waals surface area contributed by atoms with Crippen LogP contribution in [0.25, 0.3) is 0 Å². The molecule has 0 aromatic heterocycles. The largest absolute Gasteiger partial charge is 0.419 e. The van der Waals surface area contributed by atoms with Crippen molar-refractivity contribution in [3.05, 3.63) is 0 Å². The summed E-state index contributed by atoms with van der Waals surface area (Å²) < 4.78 is 38.2. The number of carbonyl (C=O) groups is 1. The highest BCUT2D eigenvalue weighted by Gasteiger charge is 2.57. The van der Waals surface area contributed by atoms with E-state index in [1.54, 1.807) is 0 Å². The third kappa shape index (κ3) is 3.65. The van der Waals surface area contributed by atoms with E-state index in [2.05, 4.69) is 17.1 Å². The van der Waals surface area contributed by atoms with E-state index in [0.29, 0.717) is 6.54 Å². The molecule has 2 amide bonds. The summed E-state index contributed by atoms with van der Waals surface area (Å²) in [4.78, 5) is 15.3. The van der Waals surface area contributed by atoms with Gasteiger partial charge in [-0.15, -0.1) is 0 Å². The van der Waals surface area contributed by atoms with Crippen LogP contribution in [-0.4, -0.2) is 71.5 Å². The monoisotopic (exact) mass is 323 g/mol. The second kappa shape index (κ2) is 6.62. The molecule has 22 heavy (non-hydrogen) atoms. The number of nitrogens with one attached hydrogen (secondary N) is 1. The minimum absolute atomic E-state index is 0.0794. The van der Waals surface area contributed by atoms with Crippen LogP contribution in [0.2, 0.25) is 0 Å². The highest BCUT2D eigenvalue weighted by molar-refractivity contribution is 5.74. The number of halogens is 3. The van der Waals surface area contributed by atoms with Crippen molar-refractivity contribution in [2.24, 2.45) is 0 Å². The first kappa shape index (κ1) is 17.3. The fraction of sp³-hybridized carbons (Fsp3) is 0.929. The highest BCUT2D eigenvalue weighted by Crippen LogP contribution is 2.37. The van der Waals surface area contributed by atoms with Gasteiger partial charge in [0.15, 0.2) is 5.60 Å². The lowest BCUT2D eigenvalue weighted by Crippen LogP contribution is -2.51. The summed E-state index contributed by atoms with van der Waals surface area (Å²) in [6.45, 7) is 3.62. The van der Waals surface area contributed by atoms with E-state index in [1.807, 2.05) is 0 Å². The Morgan fingerprint density at radius 3 is 2.68 bits per heavy atom. The third-order valence-corrected chi connectivity index (χ3v) is 4.71. The Kier molecular flexibility index (Phi) is 5.21. The molecular weight excluding hydrogens is 299 g/mol. The van der Waals surface area contributed by atoms with Crippen molar-refractivity contribution in [2.45, 2.75) is 50.4 Å². The molecule has 128 valence electrons. The molecule has 2 heterocycles. The fourth-order valence-electron chi connectivity index (χ4n) is 3.22. The molecule has 2 aliphatic rings. The average molecular weight is 323 g/mol. The molecule has 2 saturated heterocycles. The molecule has 0 aromatic carbocycles. The van der Waals surface area contributed by atoms with Crippen molar-refractivity contribution in [1.29, 1.82) is 0 Å². The summed E-state index contributed by atoms with van der Waals surface area (Å²) in [5, 5.41) is 12.3. The zero-order valence-electron chi connectivity index (χ0n) is 12.8. The van der Waals surface area contributed by atoms with E-state index < -0.39 is 30.8 Å². The lowest BCUT2D eigenvalue weighted by molar-refractivity contribution is -0.253. The Morgan fingerprint density at radius 2 is 2.09 bits per heavy atom. The molecule has 2 unspecified atom stereocenters. The number of likely N-dealkylation sites (N-methyl/N-ethyl adjacent to an activating group) is 1. The van der Waals surface area contributed by atoms with Crippen LogP contribution in [-0.2, 0) is 0 Å². The number of carbonyl (C=O) groups excluding carboxylic acids is 1. The minimum Gasteiger partial charge on any atom is -0.379 e. The number of aliphatic hydroxyl groups is 1. The SMILES string of the molecule is CCN1CCCCC1CNC(=O)N1CCC(O)(C(F)(F)F)C1. The molecule has 2 aliphatic heterocycles. The predicted molar refractivity (Wildman–Crippen MR) is 75.5 cm³/mol. The fourth-order valence-corrected chi connectivity index (χ4v) is 3.22. The summed E-state index contributed by atoms with van der Waals surface area (Å²) in [6, 6.07) is -0.284. The van der Waals surface area contributed by atoms with Gasteiger partial charge in [0.25, 0.3) is 0 Å². The van der Waals surface area contributed by atoms with Crippen molar-refractivity contribution in [2.75, 3.05) is 32.7 Å². The maximum atomic E-state index is 12.7. The normalized spacial score (nSPS) is 30.6. The number of urea groups is 1. The lowest BCUT2D eigenvalue weighted by atomic mass is 10.0. The molecule has 5 nitrogen and oxygen atoms in total. The topological polar surface area (TPSA) is 55.8 Å². The number of β-amino-alcohol motifs (C(OH)–C–C–N with tert-alkyl or cyclic N) is 1. The summed E-state index contributed by atoms with van der Waals surface area (Å²) in [5.41, 5.74) is -2.77. The van der Waals surface area contributed by atoms with E-state index in [-0.39, 0.29) is 12.6 Å². The Hall–Kier alpha value is -1.02. The zero-order chi connectivity index (χ0) is 16.4. The molecule has 0 spiro atoms. The van der Waals surface area contributed by atoms with Crippen LogP contribution in [0, 0.1) is 0 Å². The molecule has 0 bridgehead atoms. The Labute approximate surface area is 128 Å². The van der Waals surface area contributed by atoms with Gasteiger partial charge < -0.3 is 15.3 Å². The Bertz CT molecular complexity index is 405.